The van der Waals surface area contributed by atoms with Gasteiger partial charge in [0.25, 0.3) is 0 Å². The Balaban J connectivity index is 2.10. The monoisotopic (exact) mass is 331 g/mol. The van der Waals surface area contributed by atoms with E-state index in [1.54, 1.807) is 0 Å². The summed E-state index contributed by atoms with van der Waals surface area (Å²) in [6.07, 6.45) is 4.30. The molecule has 0 aliphatic heterocycles. The molecule has 1 fully saturated rings. The van der Waals surface area contributed by atoms with Crippen LogP contribution in [0, 0.1) is 6.92 Å². The van der Waals surface area contributed by atoms with Crippen LogP contribution in [0.5, 0.6) is 0 Å². The number of aromatic nitrogens is 2. The topological polar surface area (TPSA) is 43.8 Å². The summed E-state index contributed by atoms with van der Waals surface area (Å²) in [4.78, 5) is 4.80. The van der Waals surface area contributed by atoms with Gasteiger partial charge in [0.1, 0.15) is 17.3 Å². The molecule has 0 atom stereocenters. The van der Waals surface area contributed by atoms with Crippen molar-refractivity contribution in [3.05, 3.63) is 46.7 Å². The Kier molecular flexibility index (Phi) is 3.42. The van der Waals surface area contributed by atoms with E-state index < -0.39 is 0 Å². The van der Waals surface area contributed by atoms with Gasteiger partial charge in [-0.1, -0.05) is 34.1 Å². The minimum Gasteiger partial charge on any atom is -0.383 e. The number of nitrogens with zero attached hydrogens (tertiary/aromatic N) is 2. The van der Waals surface area contributed by atoms with E-state index in [9.17, 15) is 0 Å². The molecule has 0 spiro atoms. The highest BCUT2D eigenvalue weighted by atomic mass is 79.9. The summed E-state index contributed by atoms with van der Waals surface area (Å²) in [6.45, 7) is 6.61. The van der Waals surface area contributed by atoms with Crippen molar-refractivity contribution in [3.63, 3.8) is 0 Å². The first-order valence-electron chi connectivity index (χ1n) is 6.85. The number of aryl methyl sites for hydroxylation is 1. The molecule has 0 radical (unpaired) electrons. The number of anilines is 1. The van der Waals surface area contributed by atoms with Gasteiger partial charge < -0.3 is 10.3 Å². The van der Waals surface area contributed by atoms with E-state index in [1.165, 1.54) is 18.4 Å². The van der Waals surface area contributed by atoms with Crippen molar-refractivity contribution in [2.45, 2.75) is 32.2 Å². The van der Waals surface area contributed by atoms with Crippen molar-refractivity contribution in [1.82, 2.24) is 9.55 Å². The molecule has 1 aromatic carbocycles. The standard InChI is InChI=1S/C16H18BrN3/c1-3-8-20-15(18)14(19-16(20)11-6-7-11)12-5-4-10(2)13(17)9-12/h3-5,9,11H,1,6-8,18H2,2H3. The average Bonchev–Trinajstić information content (AvgIpc) is 3.21. The van der Waals surface area contributed by atoms with E-state index in [0.717, 1.165) is 33.9 Å². The lowest BCUT2D eigenvalue weighted by Crippen LogP contribution is -2.05. The van der Waals surface area contributed by atoms with Crippen LogP contribution >= 0.6 is 15.9 Å². The Morgan fingerprint density at radius 3 is 2.85 bits per heavy atom. The van der Waals surface area contributed by atoms with Gasteiger partial charge in [0, 0.05) is 22.5 Å². The van der Waals surface area contributed by atoms with Crippen LogP contribution in [0.3, 0.4) is 0 Å². The number of hydrogen-bond acceptors (Lipinski definition) is 2. The van der Waals surface area contributed by atoms with Crippen LogP contribution in [-0.4, -0.2) is 9.55 Å². The van der Waals surface area contributed by atoms with E-state index in [4.69, 9.17) is 10.7 Å². The summed E-state index contributed by atoms with van der Waals surface area (Å²) >= 11 is 3.57. The van der Waals surface area contributed by atoms with Crippen LogP contribution in [0.1, 0.15) is 30.1 Å². The summed E-state index contributed by atoms with van der Waals surface area (Å²) in [5.41, 5.74) is 9.47. The summed E-state index contributed by atoms with van der Waals surface area (Å²) in [6, 6.07) is 6.25. The highest BCUT2D eigenvalue weighted by molar-refractivity contribution is 9.10. The van der Waals surface area contributed by atoms with Crippen LogP contribution in [0.2, 0.25) is 0 Å². The van der Waals surface area contributed by atoms with Gasteiger partial charge in [0.2, 0.25) is 0 Å². The highest BCUT2D eigenvalue weighted by Gasteiger charge is 2.30. The molecule has 1 aliphatic rings. The van der Waals surface area contributed by atoms with Gasteiger partial charge in [0.15, 0.2) is 0 Å². The number of halogens is 1. The van der Waals surface area contributed by atoms with E-state index in [2.05, 4.69) is 52.2 Å². The quantitative estimate of drug-likeness (QED) is 0.850. The number of rotatable bonds is 4. The number of allylic oxidation sites excluding steroid dienone is 1. The van der Waals surface area contributed by atoms with E-state index in [1.807, 2.05) is 6.08 Å². The first-order valence-corrected chi connectivity index (χ1v) is 7.64. The lowest BCUT2D eigenvalue weighted by molar-refractivity contribution is 0.750. The molecule has 1 aliphatic carbocycles. The summed E-state index contributed by atoms with van der Waals surface area (Å²) in [7, 11) is 0. The van der Waals surface area contributed by atoms with Crippen molar-refractivity contribution < 1.29 is 0 Å². The van der Waals surface area contributed by atoms with Crippen molar-refractivity contribution >= 4 is 21.7 Å². The van der Waals surface area contributed by atoms with Gasteiger partial charge >= 0.3 is 0 Å². The average molecular weight is 332 g/mol. The number of benzene rings is 1. The molecule has 2 aromatic rings. The molecule has 0 amide bonds. The Morgan fingerprint density at radius 1 is 1.50 bits per heavy atom. The Labute approximate surface area is 127 Å². The van der Waals surface area contributed by atoms with Gasteiger partial charge in [-0.15, -0.1) is 6.58 Å². The first kappa shape index (κ1) is 13.4. The minimum atomic E-state index is 0.569. The molecule has 1 heterocycles. The SMILES string of the molecule is C=CCn1c(C2CC2)nc(-c2ccc(C)c(Br)c2)c1N. The Bertz CT molecular complexity index is 669. The predicted molar refractivity (Wildman–Crippen MR) is 86.7 cm³/mol. The van der Waals surface area contributed by atoms with E-state index >= 15 is 0 Å². The molecule has 0 saturated heterocycles. The number of imidazole rings is 1. The van der Waals surface area contributed by atoms with Crippen molar-refractivity contribution in [2.24, 2.45) is 0 Å². The van der Waals surface area contributed by atoms with Crippen molar-refractivity contribution in [1.29, 1.82) is 0 Å². The van der Waals surface area contributed by atoms with Gasteiger partial charge in [-0.25, -0.2) is 4.98 Å². The second kappa shape index (κ2) is 5.09. The molecular formula is C16H18BrN3. The lowest BCUT2D eigenvalue weighted by Gasteiger charge is -2.06. The third kappa shape index (κ3) is 2.29. The van der Waals surface area contributed by atoms with Gasteiger partial charge in [0.05, 0.1) is 0 Å². The van der Waals surface area contributed by atoms with Crippen LogP contribution in [0.25, 0.3) is 11.3 Å². The first-order chi connectivity index (χ1) is 9.61. The Morgan fingerprint density at radius 2 is 2.25 bits per heavy atom. The van der Waals surface area contributed by atoms with Crippen LogP contribution < -0.4 is 5.73 Å². The van der Waals surface area contributed by atoms with Crippen molar-refractivity contribution in [3.8, 4) is 11.3 Å². The largest absolute Gasteiger partial charge is 0.383 e. The Hall–Kier alpha value is -1.55. The molecule has 2 N–H and O–H groups in total. The molecular weight excluding hydrogens is 314 g/mol. The molecule has 0 unspecified atom stereocenters. The lowest BCUT2D eigenvalue weighted by atomic mass is 10.1. The number of hydrogen-bond donors (Lipinski definition) is 1. The number of nitrogen functional groups attached to an aromatic ring is 1. The van der Waals surface area contributed by atoms with Gasteiger partial charge in [-0.05, 0) is 31.4 Å². The molecule has 1 saturated carbocycles. The zero-order valence-corrected chi connectivity index (χ0v) is 13.2. The fraction of sp³-hybridized carbons (Fsp3) is 0.312. The minimum absolute atomic E-state index is 0.569. The second-order valence-electron chi connectivity index (χ2n) is 5.34. The zero-order chi connectivity index (χ0) is 14.3. The number of nitrogens with two attached hydrogens (primary N) is 1. The predicted octanol–water partition coefficient (Wildman–Crippen LogP) is 4.27. The summed E-state index contributed by atoms with van der Waals surface area (Å²) in [5, 5.41) is 0. The fourth-order valence-electron chi connectivity index (χ4n) is 2.41. The molecule has 1 aromatic heterocycles. The third-order valence-corrected chi connectivity index (χ3v) is 4.59. The van der Waals surface area contributed by atoms with Crippen LogP contribution in [-0.2, 0) is 6.54 Å². The molecule has 0 bridgehead atoms. The summed E-state index contributed by atoms with van der Waals surface area (Å²) in [5.74, 6) is 2.41. The molecule has 104 valence electrons. The van der Waals surface area contributed by atoms with Crippen LogP contribution in [0.4, 0.5) is 5.82 Å². The zero-order valence-electron chi connectivity index (χ0n) is 11.6. The highest BCUT2D eigenvalue weighted by Crippen LogP contribution is 2.42. The van der Waals surface area contributed by atoms with Gasteiger partial charge in [-0.3, -0.25) is 0 Å². The maximum absolute atomic E-state index is 6.31. The van der Waals surface area contributed by atoms with E-state index in [-0.39, 0.29) is 0 Å². The normalized spacial score (nSPS) is 14.5. The van der Waals surface area contributed by atoms with Crippen LogP contribution in [0.15, 0.2) is 35.3 Å². The maximum Gasteiger partial charge on any atom is 0.132 e. The molecule has 4 heteroatoms. The van der Waals surface area contributed by atoms with E-state index in [0.29, 0.717) is 5.92 Å². The maximum atomic E-state index is 6.31. The van der Waals surface area contributed by atoms with Gasteiger partial charge in [-0.2, -0.15) is 0 Å². The third-order valence-electron chi connectivity index (χ3n) is 3.74. The fourth-order valence-corrected chi connectivity index (χ4v) is 2.79. The molecule has 3 nitrogen and oxygen atoms in total. The van der Waals surface area contributed by atoms with Crippen molar-refractivity contribution in [2.75, 3.05) is 5.73 Å². The summed E-state index contributed by atoms with van der Waals surface area (Å²) < 4.78 is 3.17. The molecule has 20 heavy (non-hydrogen) atoms. The smallest absolute Gasteiger partial charge is 0.132 e. The molecule has 3 rings (SSSR count). The second-order valence-corrected chi connectivity index (χ2v) is 6.20.